The highest BCUT2D eigenvalue weighted by Crippen LogP contribution is 2.19. The van der Waals surface area contributed by atoms with E-state index in [2.05, 4.69) is 52.7 Å². The summed E-state index contributed by atoms with van der Waals surface area (Å²) in [5, 5.41) is 7.44. The van der Waals surface area contributed by atoms with E-state index in [1.165, 1.54) is 31.2 Å². The van der Waals surface area contributed by atoms with E-state index >= 15 is 0 Å². The zero-order valence-electron chi connectivity index (χ0n) is 13.0. The molecule has 1 aromatic carbocycles. The predicted molar refractivity (Wildman–Crippen MR) is 84.1 cm³/mol. The fourth-order valence-electron chi connectivity index (χ4n) is 2.47. The van der Waals surface area contributed by atoms with Crippen LogP contribution in [-0.2, 0) is 6.42 Å². The number of benzene rings is 1. The normalized spacial score (nSPS) is 12.5. The molecule has 0 fully saturated rings. The fourth-order valence-corrected chi connectivity index (χ4v) is 2.47. The maximum atomic E-state index is 5.15. The molecule has 114 valence electrons. The topological polar surface area (TPSA) is 51.0 Å². The van der Waals surface area contributed by atoms with Crippen molar-refractivity contribution in [1.82, 2.24) is 15.5 Å². The third-order valence-corrected chi connectivity index (χ3v) is 3.60. The first-order valence-corrected chi connectivity index (χ1v) is 7.87. The van der Waals surface area contributed by atoms with Crippen molar-refractivity contribution in [2.45, 2.75) is 52.0 Å². The summed E-state index contributed by atoms with van der Waals surface area (Å²) in [6.45, 7) is 4.94. The lowest BCUT2D eigenvalue weighted by Crippen LogP contribution is -2.24. The van der Waals surface area contributed by atoms with E-state index < -0.39 is 0 Å². The van der Waals surface area contributed by atoms with Gasteiger partial charge in [0.05, 0.1) is 0 Å². The Morgan fingerprint density at radius 3 is 2.67 bits per heavy atom. The fraction of sp³-hybridized carbons (Fsp3) is 0.529. The summed E-state index contributed by atoms with van der Waals surface area (Å²) >= 11 is 0. The van der Waals surface area contributed by atoms with Crippen LogP contribution in [0.2, 0.25) is 0 Å². The molecule has 4 nitrogen and oxygen atoms in total. The van der Waals surface area contributed by atoms with Crippen LogP contribution >= 0.6 is 0 Å². The Morgan fingerprint density at radius 2 is 2.00 bits per heavy atom. The summed E-state index contributed by atoms with van der Waals surface area (Å²) in [6, 6.07) is 11.1. The average molecular weight is 287 g/mol. The molecule has 1 aromatic heterocycles. The zero-order valence-corrected chi connectivity index (χ0v) is 13.0. The Balaban J connectivity index is 1.86. The van der Waals surface area contributed by atoms with Crippen LogP contribution < -0.4 is 5.32 Å². The number of aromatic nitrogens is 2. The maximum Gasteiger partial charge on any atom is 0.227 e. The molecule has 0 amide bonds. The number of nitrogens with zero attached hydrogens (tertiary/aromatic N) is 2. The molecule has 0 spiro atoms. The van der Waals surface area contributed by atoms with E-state index in [0.717, 1.165) is 13.0 Å². The van der Waals surface area contributed by atoms with Crippen LogP contribution in [-0.4, -0.2) is 16.7 Å². The van der Waals surface area contributed by atoms with Crippen molar-refractivity contribution in [1.29, 1.82) is 0 Å². The first-order chi connectivity index (χ1) is 10.3. The van der Waals surface area contributed by atoms with Gasteiger partial charge in [0.15, 0.2) is 5.82 Å². The quantitative estimate of drug-likeness (QED) is 0.712. The Morgan fingerprint density at radius 1 is 1.19 bits per heavy atom. The molecule has 1 heterocycles. The van der Waals surface area contributed by atoms with Gasteiger partial charge >= 0.3 is 0 Å². The third-order valence-electron chi connectivity index (χ3n) is 3.60. The van der Waals surface area contributed by atoms with Gasteiger partial charge < -0.3 is 9.84 Å². The molecule has 1 atom stereocenters. The molecule has 0 aliphatic carbocycles. The second kappa shape index (κ2) is 8.57. The predicted octanol–water partition coefficient (Wildman–Crippen LogP) is 3.83. The molecule has 0 saturated heterocycles. The minimum Gasteiger partial charge on any atom is -0.339 e. The first kappa shape index (κ1) is 15.7. The molecular formula is C17H25N3O. The summed E-state index contributed by atoms with van der Waals surface area (Å²) in [6.07, 6.45) is 5.73. The van der Waals surface area contributed by atoms with Gasteiger partial charge in [-0.3, -0.25) is 0 Å². The lowest BCUT2D eigenvalue weighted by atomic mass is 10.0. The third kappa shape index (κ3) is 5.31. The second-order valence-corrected chi connectivity index (χ2v) is 5.40. The highest BCUT2D eigenvalue weighted by molar-refractivity contribution is 5.18. The average Bonchev–Trinajstić information content (AvgIpc) is 2.92. The summed E-state index contributed by atoms with van der Waals surface area (Å²) in [5.41, 5.74) is 1.36. The highest BCUT2D eigenvalue weighted by atomic mass is 16.5. The van der Waals surface area contributed by atoms with Gasteiger partial charge in [0.2, 0.25) is 5.89 Å². The highest BCUT2D eigenvalue weighted by Gasteiger charge is 2.11. The van der Waals surface area contributed by atoms with Crippen molar-refractivity contribution in [3.05, 3.63) is 47.6 Å². The molecule has 2 aromatic rings. The second-order valence-electron chi connectivity index (χ2n) is 5.40. The monoisotopic (exact) mass is 287 g/mol. The number of hydrogen-bond donors (Lipinski definition) is 1. The van der Waals surface area contributed by atoms with Crippen LogP contribution in [0, 0.1) is 6.92 Å². The van der Waals surface area contributed by atoms with Crippen molar-refractivity contribution in [3.63, 3.8) is 0 Å². The van der Waals surface area contributed by atoms with Crippen molar-refractivity contribution in [3.8, 4) is 0 Å². The van der Waals surface area contributed by atoms with Gasteiger partial charge in [-0.1, -0.05) is 61.7 Å². The minimum absolute atomic E-state index is 0.404. The van der Waals surface area contributed by atoms with E-state index in [0.29, 0.717) is 17.8 Å². The molecule has 0 saturated carbocycles. The largest absolute Gasteiger partial charge is 0.339 e. The van der Waals surface area contributed by atoms with Crippen LogP contribution in [0.5, 0.6) is 0 Å². The molecule has 0 radical (unpaired) electrons. The molecule has 0 aliphatic heterocycles. The Kier molecular flexibility index (Phi) is 6.41. The maximum absolute atomic E-state index is 5.15. The van der Waals surface area contributed by atoms with Gasteiger partial charge in [0.1, 0.15) is 0 Å². The zero-order chi connectivity index (χ0) is 14.9. The number of rotatable bonds is 9. The Hall–Kier alpha value is -1.68. The van der Waals surface area contributed by atoms with Crippen molar-refractivity contribution in [2.24, 2.45) is 0 Å². The summed E-state index contributed by atoms with van der Waals surface area (Å²) in [4.78, 5) is 4.24. The van der Waals surface area contributed by atoms with Gasteiger partial charge in [-0.05, 0) is 18.9 Å². The first-order valence-electron chi connectivity index (χ1n) is 7.87. The molecule has 1 N–H and O–H groups in total. The molecule has 0 aliphatic rings. The van der Waals surface area contributed by atoms with Crippen molar-refractivity contribution < 1.29 is 4.52 Å². The Bertz CT molecular complexity index is 510. The van der Waals surface area contributed by atoms with E-state index in [-0.39, 0.29) is 0 Å². The smallest absolute Gasteiger partial charge is 0.227 e. The van der Waals surface area contributed by atoms with Crippen LogP contribution in [0.3, 0.4) is 0 Å². The standard InChI is InChI=1S/C17H25N3O/c1-3-4-6-11-16(15-9-7-5-8-10-15)18-13-12-17-19-14(2)20-21-17/h5,7-10,16,18H,3-4,6,11-13H2,1-2H3. The van der Waals surface area contributed by atoms with Crippen molar-refractivity contribution in [2.75, 3.05) is 6.54 Å². The Labute approximate surface area is 127 Å². The van der Waals surface area contributed by atoms with Crippen LogP contribution in [0.25, 0.3) is 0 Å². The molecule has 0 bridgehead atoms. The van der Waals surface area contributed by atoms with E-state index in [4.69, 9.17) is 4.52 Å². The lowest BCUT2D eigenvalue weighted by Gasteiger charge is -2.18. The minimum atomic E-state index is 0.404. The lowest BCUT2D eigenvalue weighted by molar-refractivity contribution is 0.367. The van der Waals surface area contributed by atoms with Crippen molar-refractivity contribution >= 4 is 0 Å². The van der Waals surface area contributed by atoms with Crippen LogP contribution in [0.4, 0.5) is 0 Å². The van der Waals surface area contributed by atoms with Gasteiger partial charge in [0, 0.05) is 19.0 Å². The van der Waals surface area contributed by atoms with E-state index in [1.807, 2.05) is 6.92 Å². The number of unbranched alkanes of at least 4 members (excludes halogenated alkanes) is 2. The summed E-state index contributed by atoms with van der Waals surface area (Å²) in [7, 11) is 0. The van der Waals surface area contributed by atoms with Gasteiger partial charge in [-0.25, -0.2) is 0 Å². The van der Waals surface area contributed by atoms with Crippen LogP contribution in [0.1, 0.15) is 55.9 Å². The van der Waals surface area contributed by atoms with E-state index in [9.17, 15) is 0 Å². The van der Waals surface area contributed by atoms with Gasteiger partial charge in [-0.2, -0.15) is 4.98 Å². The number of hydrogen-bond acceptors (Lipinski definition) is 4. The number of aryl methyl sites for hydroxylation is 1. The van der Waals surface area contributed by atoms with Gasteiger partial charge in [-0.15, -0.1) is 0 Å². The van der Waals surface area contributed by atoms with E-state index in [1.54, 1.807) is 0 Å². The molecule has 4 heteroatoms. The summed E-state index contributed by atoms with van der Waals surface area (Å²) in [5.74, 6) is 1.41. The number of nitrogens with one attached hydrogen (secondary N) is 1. The van der Waals surface area contributed by atoms with Crippen LogP contribution in [0.15, 0.2) is 34.9 Å². The SMILES string of the molecule is CCCCCC(NCCc1nc(C)no1)c1ccccc1. The molecule has 2 rings (SSSR count). The summed E-state index contributed by atoms with van der Waals surface area (Å²) < 4.78 is 5.15. The molecule has 1 unspecified atom stereocenters. The van der Waals surface area contributed by atoms with Gasteiger partial charge in [0.25, 0.3) is 0 Å². The molecule has 21 heavy (non-hydrogen) atoms. The molecular weight excluding hydrogens is 262 g/mol.